The summed E-state index contributed by atoms with van der Waals surface area (Å²) in [5.74, 6) is 0.350. The molecular formula is C16H15N5O2. The smallest absolute Gasteiger partial charge is 0.267 e. The van der Waals surface area contributed by atoms with Crippen LogP contribution in [0.15, 0.2) is 53.3 Å². The molecule has 1 amide bonds. The molecule has 0 aliphatic rings. The fraction of sp³-hybridized carbons (Fsp3) is 0.188. The van der Waals surface area contributed by atoms with Gasteiger partial charge < -0.3 is 9.73 Å². The summed E-state index contributed by atoms with van der Waals surface area (Å²) >= 11 is 0. The summed E-state index contributed by atoms with van der Waals surface area (Å²) in [6, 6.07) is 9.97. The van der Waals surface area contributed by atoms with Crippen LogP contribution < -0.4 is 5.32 Å². The Morgan fingerprint density at radius 2 is 2.00 bits per heavy atom. The quantitative estimate of drug-likeness (QED) is 0.740. The molecule has 2 heterocycles. The van der Waals surface area contributed by atoms with Crippen LogP contribution in [-0.4, -0.2) is 32.6 Å². The molecule has 0 unspecified atom stereocenters. The minimum absolute atomic E-state index is 0.0437. The molecule has 0 radical (unpaired) electrons. The fourth-order valence-electron chi connectivity index (χ4n) is 2.03. The van der Waals surface area contributed by atoms with Gasteiger partial charge in [-0.05, 0) is 12.0 Å². The molecule has 2 aromatic heterocycles. The number of amides is 1. The van der Waals surface area contributed by atoms with Crippen molar-refractivity contribution in [1.29, 1.82) is 0 Å². The van der Waals surface area contributed by atoms with Gasteiger partial charge in [0.1, 0.15) is 12.1 Å². The van der Waals surface area contributed by atoms with Crippen molar-refractivity contribution in [3.63, 3.8) is 0 Å². The predicted molar refractivity (Wildman–Crippen MR) is 82.2 cm³/mol. The van der Waals surface area contributed by atoms with Gasteiger partial charge in [0.05, 0.1) is 6.20 Å². The number of carbonyl (C=O) groups excluding carboxylic acids is 1. The van der Waals surface area contributed by atoms with Crippen molar-refractivity contribution in [2.75, 3.05) is 6.54 Å². The molecule has 3 rings (SSSR count). The Hall–Kier alpha value is -3.09. The number of benzene rings is 1. The van der Waals surface area contributed by atoms with Gasteiger partial charge in [-0.25, -0.2) is 4.98 Å². The molecule has 7 nitrogen and oxygen atoms in total. The monoisotopic (exact) mass is 309 g/mol. The molecule has 0 saturated carbocycles. The third-order valence-corrected chi connectivity index (χ3v) is 3.14. The number of nitrogens with zero attached hydrogens (tertiary/aromatic N) is 4. The van der Waals surface area contributed by atoms with Crippen LogP contribution in [0.3, 0.4) is 0 Å². The number of carbonyl (C=O) groups is 1. The zero-order valence-electron chi connectivity index (χ0n) is 12.3. The summed E-state index contributed by atoms with van der Waals surface area (Å²) in [4.78, 5) is 19.9. The van der Waals surface area contributed by atoms with Crippen molar-refractivity contribution in [2.45, 2.75) is 12.8 Å². The molecule has 0 aliphatic carbocycles. The Bertz CT molecular complexity index is 758. The van der Waals surface area contributed by atoms with Crippen LogP contribution in [0.1, 0.15) is 11.5 Å². The second-order valence-corrected chi connectivity index (χ2v) is 4.85. The first kappa shape index (κ1) is 14.8. The molecule has 116 valence electrons. The molecule has 0 spiro atoms. The topological polar surface area (TPSA) is 93.8 Å². The third-order valence-electron chi connectivity index (χ3n) is 3.14. The average molecular weight is 309 g/mol. The maximum Gasteiger partial charge on any atom is 0.267 e. The van der Waals surface area contributed by atoms with E-state index in [1.54, 1.807) is 6.20 Å². The number of aromatic nitrogens is 4. The van der Waals surface area contributed by atoms with Crippen LogP contribution in [0.5, 0.6) is 0 Å². The van der Waals surface area contributed by atoms with Crippen molar-refractivity contribution < 1.29 is 9.21 Å². The Morgan fingerprint density at radius 1 is 1.13 bits per heavy atom. The lowest BCUT2D eigenvalue weighted by Crippen LogP contribution is -2.27. The number of rotatable bonds is 6. The summed E-state index contributed by atoms with van der Waals surface area (Å²) in [6.45, 7) is 0.563. The van der Waals surface area contributed by atoms with Gasteiger partial charge in [0.15, 0.2) is 0 Å². The van der Waals surface area contributed by atoms with Crippen LogP contribution >= 0.6 is 0 Å². The van der Waals surface area contributed by atoms with Gasteiger partial charge in [0.25, 0.3) is 5.89 Å². The highest BCUT2D eigenvalue weighted by Crippen LogP contribution is 2.13. The summed E-state index contributed by atoms with van der Waals surface area (Å²) in [5, 5.41) is 10.6. The maximum atomic E-state index is 11.9. The summed E-state index contributed by atoms with van der Waals surface area (Å²) in [5.41, 5.74) is 1.66. The molecule has 1 aromatic carbocycles. The SMILES string of the molecule is O=C(Cc1nnc(-c2cnccn2)o1)NCCc1ccccc1. The molecule has 1 N–H and O–H groups in total. The maximum absolute atomic E-state index is 11.9. The molecule has 0 aliphatic heterocycles. The van der Waals surface area contributed by atoms with Gasteiger partial charge >= 0.3 is 0 Å². The second-order valence-electron chi connectivity index (χ2n) is 4.85. The Morgan fingerprint density at radius 3 is 2.78 bits per heavy atom. The van der Waals surface area contributed by atoms with E-state index < -0.39 is 0 Å². The molecule has 3 aromatic rings. The second kappa shape index (κ2) is 7.26. The summed E-state index contributed by atoms with van der Waals surface area (Å²) in [6.07, 6.45) is 5.44. The van der Waals surface area contributed by atoms with Gasteiger partial charge in [0.2, 0.25) is 11.8 Å². The lowest BCUT2D eigenvalue weighted by molar-refractivity contribution is -0.120. The molecule has 0 atom stereocenters. The molecule has 7 heteroatoms. The highest BCUT2D eigenvalue weighted by atomic mass is 16.4. The largest absolute Gasteiger partial charge is 0.419 e. The molecule has 0 fully saturated rings. The van der Waals surface area contributed by atoms with Crippen LogP contribution in [0.4, 0.5) is 0 Å². The van der Waals surface area contributed by atoms with Crippen LogP contribution in [0.2, 0.25) is 0 Å². The van der Waals surface area contributed by atoms with Gasteiger partial charge in [-0.1, -0.05) is 30.3 Å². The first-order valence-electron chi connectivity index (χ1n) is 7.20. The van der Waals surface area contributed by atoms with Crippen molar-refractivity contribution in [3.05, 3.63) is 60.4 Å². The van der Waals surface area contributed by atoms with Gasteiger partial charge in [-0.3, -0.25) is 9.78 Å². The van der Waals surface area contributed by atoms with E-state index >= 15 is 0 Å². The van der Waals surface area contributed by atoms with E-state index in [0.29, 0.717) is 12.2 Å². The van der Waals surface area contributed by atoms with Crippen molar-refractivity contribution in [3.8, 4) is 11.6 Å². The van der Waals surface area contributed by atoms with Crippen molar-refractivity contribution in [1.82, 2.24) is 25.5 Å². The number of hydrogen-bond acceptors (Lipinski definition) is 6. The molecule has 0 bridgehead atoms. The highest BCUT2D eigenvalue weighted by molar-refractivity contribution is 5.77. The summed E-state index contributed by atoms with van der Waals surface area (Å²) < 4.78 is 5.42. The van der Waals surface area contributed by atoms with E-state index in [9.17, 15) is 4.79 Å². The zero-order chi connectivity index (χ0) is 15.9. The average Bonchev–Trinajstić information content (AvgIpc) is 3.05. The molecule has 0 saturated heterocycles. The van der Waals surface area contributed by atoms with E-state index in [2.05, 4.69) is 25.5 Å². The van der Waals surface area contributed by atoms with E-state index in [-0.39, 0.29) is 24.1 Å². The first-order chi connectivity index (χ1) is 11.3. The lowest BCUT2D eigenvalue weighted by Gasteiger charge is -2.03. The fourth-order valence-corrected chi connectivity index (χ4v) is 2.03. The third kappa shape index (κ3) is 4.19. The Labute approximate surface area is 132 Å². The first-order valence-corrected chi connectivity index (χ1v) is 7.20. The molecular weight excluding hydrogens is 294 g/mol. The van der Waals surface area contributed by atoms with Gasteiger partial charge in [0, 0.05) is 18.9 Å². The van der Waals surface area contributed by atoms with Crippen LogP contribution in [0, 0.1) is 0 Å². The Balaban J connectivity index is 1.49. The van der Waals surface area contributed by atoms with Crippen LogP contribution in [-0.2, 0) is 17.6 Å². The minimum Gasteiger partial charge on any atom is -0.419 e. The van der Waals surface area contributed by atoms with E-state index in [1.807, 2.05) is 30.3 Å². The molecule has 23 heavy (non-hydrogen) atoms. The minimum atomic E-state index is -0.157. The van der Waals surface area contributed by atoms with Crippen molar-refractivity contribution in [2.24, 2.45) is 0 Å². The van der Waals surface area contributed by atoms with E-state index in [1.165, 1.54) is 18.0 Å². The van der Waals surface area contributed by atoms with E-state index in [4.69, 9.17) is 4.42 Å². The van der Waals surface area contributed by atoms with Gasteiger partial charge in [-0.2, -0.15) is 0 Å². The highest BCUT2D eigenvalue weighted by Gasteiger charge is 2.12. The van der Waals surface area contributed by atoms with Gasteiger partial charge in [-0.15, -0.1) is 10.2 Å². The number of nitrogens with one attached hydrogen (secondary N) is 1. The standard InChI is InChI=1S/C16H15N5O2/c22-14(19-7-6-12-4-2-1-3-5-12)10-15-20-21-16(23-15)13-11-17-8-9-18-13/h1-5,8-9,11H,6-7,10H2,(H,19,22). The van der Waals surface area contributed by atoms with E-state index in [0.717, 1.165) is 6.42 Å². The lowest BCUT2D eigenvalue weighted by atomic mass is 10.1. The van der Waals surface area contributed by atoms with Crippen molar-refractivity contribution >= 4 is 5.91 Å². The normalized spacial score (nSPS) is 10.4. The van der Waals surface area contributed by atoms with Crippen LogP contribution in [0.25, 0.3) is 11.6 Å². The number of hydrogen-bond donors (Lipinski definition) is 1. The predicted octanol–water partition coefficient (Wildman–Crippen LogP) is 1.43. The Kier molecular flexibility index (Phi) is 4.68. The zero-order valence-corrected chi connectivity index (χ0v) is 12.3. The summed E-state index contributed by atoms with van der Waals surface area (Å²) in [7, 11) is 0.